The number of nitrogens with one attached hydrogen (secondary N) is 1. The molecule has 0 aliphatic carbocycles. The minimum absolute atomic E-state index is 0.787. The Labute approximate surface area is 122 Å². The van der Waals surface area contributed by atoms with Gasteiger partial charge in [-0.3, -0.25) is 0 Å². The molecule has 1 aliphatic rings. The number of para-hydroxylation sites is 2. The minimum atomic E-state index is 0.787. The summed E-state index contributed by atoms with van der Waals surface area (Å²) in [6.45, 7) is 0.852. The van der Waals surface area contributed by atoms with E-state index in [1.807, 2.05) is 0 Å². The quantitative estimate of drug-likeness (QED) is 0.799. The molecular formula is C16H15N5. The van der Waals surface area contributed by atoms with Crippen molar-refractivity contribution in [1.82, 2.24) is 20.6 Å². The topological polar surface area (TPSA) is 57.7 Å². The summed E-state index contributed by atoms with van der Waals surface area (Å²) in [6.07, 6.45) is 1.78. The maximum atomic E-state index is 3.97. The van der Waals surface area contributed by atoms with Crippen molar-refractivity contribution < 1.29 is 0 Å². The normalized spacial score (nSPS) is 12.9. The summed E-state index contributed by atoms with van der Waals surface area (Å²) in [5.74, 6) is 0.815. The lowest BCUT2D eigenvalue weighted by Gasteiger charge is -2.33. The molecule has 0 bridgehead atoms. The van der Waals surface area contributed by atoms with Gasteiger partial charge in [0.1, 0.15) is 5.82 Å². The second-order valence-corrected chi connectivity index (χ2v) is 5.18. The highest BCUT2D eigenvalue weighted by Gasteiger charge is 2.21. The van der Waals surface area contributed by atoms with Crippen LogP contribution in [0.15, 0.2) is 48.5 Å². The number of aromatic nitrogens is 4. The standard InChI is InChI=1S/C16H15N5/c1-3-7-14-12(5-1)11-13-6-2-4-8-15(13)21(14)10-9-16-17-19-20-18-16/h1-8H,9-11H2,(H,17,18,19,20). The average Bonchev–Trinajstić information content (AvgIpc) is 3.05. The Balaban J connectivity index is 1.71. The SMILES string of the molecule is c1ccc2c(c1)Cc1ccccc1N2CCc1nnn[nH]1. The lowest BCUT2D eigenvalue weighted by Crippen LogP contribution is -2.26. The molecule has 0 saturated carbocycles. The van der Waals surface area contributed by atoms with Gasteiger partial charge in [0.15, 0.2) is 0 Å². The summed E-state index contributed by atoms with van der Waals surface area (Å²) in [5.41, 5.74) is 5.30. The summed E-state index contributed by atoms with van der Waals surface area (Å²) in [4.78, 5) is 2.36. The molecule has 3 aromatic rings. The molecular weight excluding hydrogens is 262 g/mol. The Kier molecular flexibility index (Phi) is 2.88. The maximum absolute atomic E-state index is 3.97. The van der Waals surface area contributed by atoms with Crippen LogP contribution in [0, 0.1) is 0 Å². The number of H-pyrrole nitrogens is 1. The molecule has 2 heterocycles. The summed E-state index contributed by atoms with van der Waals surface area (Å²) >= 11 is 0. The van der Waals surface area contributed by atoms with Gasteiger partial charge >= 0.3 is 0 Å². The van der Waals surface area contributed by atoms with Crippen LogP contribution >= 0.6 is 0 Å². The second kappa shape index (κ2) is 5.01. The zero-order chi connectivity index (χ0) is 14.1. The van der Waals surface area contributed by atoms with Crippen LogP contribution in [0.25, 0.3) is 0 Å². The van der Waals surface area contributed by atoms with Crippen molar-refractivity contribution in [3.8, 4) is 0 Å². The van der Waals surface area contributed by atoms with E-state index in [-0.39, 0.29) is 0 Å². The molecule has 104 valence electrons. The van der Waals surface area contributed by atoms with Crippen molar-refractivity contribution in [3.63, 3.8) is 0 Å². The molecule has 2 aromatic carbocycles. The van der Waals surface area contributed by atoms with Gasteiger partial charge < -0.3 is 4.90 Å². The van der Waals surface area contributed by atoms with Crippen LogP contribution in [-0.4, -0.2) is 27.2 Å². The van der Waals surface area contributed by atoms with Crippen LogP contribution in [0.2, 0.25) is 0 Å². The molecule has 1 aromatic heterocycles. The van der Waals surface area contributed by atoms with Crippen molar-refractivity contribution in [3.05, 3.63) is 65.5 Å². The summed E-state index contributed by atoms with van der Waals surface area (Å²) in [5, 5.41) is 14.1. The predicted octanol–water partition coefficient (Wildman–Crippen LogP) is 2.48. The Bertz CT molecular complexity index is 705. The molecule has 21 heavy (non-hydrogen) atoms. The zero-order valence-corrected chi connectivity index (χ0v) is 11.5. The van der Waals surface area contributed by atoms with E-state index in [1.165, 1.54) is 22.5 Å². The van der Waals surface area contributed by atoms with Crippen LogP contribution in [0.1, 0.15) is 17.0 Å². The molecule has 4 rings (SSSR count). The number of rotatable bonds is 3. The van der Waals surface area contributed by atoms with Crippen molar-refractivity contribution >= 4 is 11.4 Å². The van der Waals surface area contributed by atoms with E-state index < -0.39 is 0 Å². The molecule has 0 saturated heterocycles. The predicted molar refractivity (Wildman–Crippen MR) is 80.6 cm³/mol. The molecule has 0 radical (unpaired) electrons. The fourth-order valence-corrected chi connectivity index (χ4v) is 2.93. The molecule has 1 N–H and O–H groups in total. The van der Waals surface area contributed by atoms with Gasteiger partial charge in [0.25, 0.3) is 0 Å². The van der Waals surface area contributed by atoms with E-state index in [9.17, 15) is 0 Å². The summed E-state index contributed by atoms with van der Waals surface area (Å²) in [7, 11) is 0. The Hall–Kier alpha value is -2.69. The molecule has 5 heteroatoms. The first-order valence-electron chi connectivity index (χ1n) is 7.08. The van der Waals surface area contributed by atoms with Gasteiger partial charge in [0.2, 0.25) is 0 Å². The smallest absolute Gasteiger partial charge is 0.150 e. The minimum Gasteiger partial charge on any atom is -0.341 e. The lowest BCUT2D eigenvalue weighted by molar-refractivity contribution is 0.831. The molecule has 1 aliphatic heterocycles. The number of hydrogen-bond donors (Lipinski definition) is 1. The molecule has 0 unspecified atom stereocenters. The first kappa shape index (κ1) is 12.1. The highest BCUT2D eigenvalue weighted by atomic mass is 15.5. The third-order valence-corrected chi connectivity index (χ3v) is 3.91. The van der Waals surface area contributed by atoms with E-state index in [4.69, 9.17) is 0 Å². The van der Waals surface area contributed by atoms with Gasteiger partial charge in [-0.05, 0) is 33.7 Å². The number of fused-ring (bicyclic) bond motifs is 2. The van der Waals surface area contributed by atoms with Gasteiger partial charge in [-0.1, -0.05) is 36.4 Å². The van der Waals surface area contributed by atoms with Gasteiger partial charge in [-0.25, -0.2) is 5.10 Å². The number of benzene rings is 2. The van der Waals surface area contributed by atoms with E-state index in [2.05, 4.69) is 74.1 Å². The average molecular weight is 277 g/mol. The monoisotopic (exact) mass is 277 g/mol. The molecule has 0 spiro atoms. The maximum Gasteiger partial charge on any atom is 0.150 e. The Morgan fingerprint density at radius 1 is 0.952 bits per heavy atom. The first-order chi connectivity index (χ1) is 10.4. The number of hydrogen-bond acceptors (Lipinski definition) is 4. The molecule has 0 atom stereocenters. The Morgan fingerprint density at radius 2 is 1.62 bits per heavy atom. The number of aromatic amines is 1. The molecule has 0 fully saturated rings. The summed E-state index contributed by atoms with van der Waals surface area (Å²) < 4.78 is 0. The number of tetrazole rings is 1. The van der Waals surface area contributed by atoms with E-state index in [0.717, 1.165) is 25.2 Å². The van der Waals surface area contributed by atoms with Gasteiger partial charge in [0.05, 0.1) is 0 Å². The van der Waals surface area contributed by atoms with Gasteiger partial charge in [-0.15, -0.1) is 5.10 Å². The van der Waals surface area contributed by atoms with Crippen molar-refractivity contribution in [2.45, 2.75) is 12.8 Å². The third kappa shape index (κ3) is 2.16. The van der Waals surface area contributed by atoms with Crippen molar-refractivity contribution in [2.75, 3.05) is 11.4 Å². The van der Waals surface area contributed by atoms with Crippen LogP contribution in [0.5, 0.6) is 0 Å². The van der Waals surface area contributed by atoms with Crippen LogP contribution < -0.4 is 4.90 Å². The lowest BCUT2D eigenvalue weighted by atomic mass is 9.95. The highest BCUT2D eigenvalue weighted by Crippen LogP contribution is 2.38. The largest absolute Gasteiger partial charge is 0.341 e. The van der Waals surface area contributed by atoms with Crippen LogP contribution in [0.3, 0.4) is 0 Å². The first-order valence-corrected chi connectivity index (χ1v) is 7.08. The van der Waals surface area contributed by atoms with Crippen molar-refractivity contribution in [1.29, 1.82) is 0 Å². The fourth-order valence-electron chi connectivity index (χ4n) is 2.93. The van der Waals surface area contributed by atoms with Gasteiger partial charge in [0, 0.05) is 30.8 Å². The van der Waals surface area contributed by atoms with Crippen LogP contribution in [-0.2, 0) is 12.8 Å². The molecule has 0 amide bonds. The highest BCUT2D eigenvalue weighted by molar-refractivity contribution is 5.74. The van der Waals surface area contributed by atoms with Crippen molar-refractivity contribution in [2.24, 2.45) is 0 Å². The Morgan fingerprint density at radius 3 is 2.24 bits per heavy atom. The van der Waals surface area contributed by atoms with E-state index in [0.29, 0.717) is 0 Å². The van der Waals surface area contributed by atoms with E-state index >= 15 is 0 Å². The fraction of sp³-hybridized carbons (Fsp3) is 0.188. The van der Waals surface area contributed by atoms with Crippen LogP contribution in [0.4, 0.5) is 11.4 Å². The number of nitrogens with zero attached hydrogens (tertiary/aromatic N) is 4. The summed E-state index contributed by atoms with van der Waals surface area (Å²) in [6, 6.07) is 17.2. The van der Waals surface area contributed by atoms with Gasteiger partial charge in [-0.2, -0.15) is 0 Å². The van der Waals surface area contributed by atoms with E-state index in [1.54, 1.807) is 0 Å². The third-order valence-electron chi connectivity index (χ3n) is 3.91. The number of anilines is 2. The zero-order valence-electron chi connectivity index (χ0n) is 11.5. The molecule has 5 nitrogen and oxygen atoms in total. The second-order valence-electron chi connectivity index (χ2n) is 5.18.